The Morgan fingerprint density at radius 3 is 2.64 bits per heavy atom. The largest absolute Gasteiger partial charge is 0.485 e. The first kappa shape index (κ1) is 22.5. The van der Waals surface area contributed by atoms with Crippen molar-refractivity contribution in [3.63, 3.8) is 0 Å². The number of carbonyl (C=O) groups is 2. The maximum atomic E-state index is 12.2. The molecule has 0 spiro atoms. The summed E-state index contributed by atoms with van der Waals surface area (Å²) in [5.74, 6) is 0.422. The van der Waals surface area contributed by atoms with Crippen LogP contribution in [0.3, 0.4) is 0 Å². The quantitative estimate of drug-likeness (QED) is 0.519. The van der Waals surface area contributed by atoms with Gasteiger partial charge in [-0.3, -0.25) is 14.9 Å². The van der Waals surface area contributed by atoms with Crippen molar-refractivity contribution in [2.45, 2.75) is 17.9 Å². The van der Waals surface area contributed by atoms with Gasteiger partial charge in [-0.2, -0.15) is 8.78 Å². The molecule has 1 N–H and O–H groups in total. The molecular formula is C21H18F2N4O5S. The van der Waals surface area contributed by atoms with E-state index in [4.69, 9.17) is 9.47 Å². The van der Waals surface area contributed by atoms with E-state index < -0.39 is 24.5 Å². The molecule has 0 radical (unpaired) electrons. The first-order chi connectivity index (χ1) is 15.9. The Morgan fingerprint density at radius 2 is 1.91 bits per heavy atom. The van der Waals surface area contributed by atoms with Gasteiger partial charge in [-0.15, -0.1) is 10.2 Å². The first-order valence-corrected chi connectivity index (χ1v) is 10.7. The lowest BCUT2D eigenvalue weighted by Gasteiger charge is -2.25. The van der Waals surface area contributed by atoms with Crippen LogP contribution in [0.4, 0.5) is 8.78 Å². The van der Waals surface area contributed by atoms with Crippen LogP contribution in [-0.2, 0) is 11.8 Å². The molecule has 1 aliphatic rings. The van der Waals surface area contributed by atoms with Gasteiger partial charge < -0.3 is 18.8 Å². The second-order valence-corrected chi connectivity index (χ2v) is 7.78. The fourth-order valence-electron chi connectivity index (χ4n) is 3.03. The number of aromatic nitrogens is 3. The summed E-state index contributed by atoms with van der Waals surface area (Å²) in [7, 11) is 1.74. The van der Waals surface area contributed by atoms with E-state index in [0.717, 1.165) is 11.8 Å². The van der Waals surface area contributed by atoms with Crippen molar-refractivity contribution in [2.24, 2.45) is 7.05 Å². The second kappa shape index (κ2) is 9.86. The van der Waals surface area contributed by atoms with Crippen LogP contribution < -0.4 is 19.5 Å². The van der Waals surface area contributed by atoms with Gasteiger partial charge in [-0.25, -0.2) is 0 Å². The monoisotopic (exact) mass is 476 g/mol. The Hall–Kier alpha value is -3.67. The third kappa shape index (κ3) is 5.40. The van der Waals surface area contributed by atoms with Crippen molar-refractivity contribution >= 4 is 23.6 Å². The number of halogens is 2. The summed E-state index contributed by atoms with van der Waals surface area (Å²) in [6.45, 7) is -2.69. The number of thioether (sulfide) groups is 1. The van der Waals surface area contributed by atoms with Gasteiger partial charge in [-0.05, 0) is 36.4 Å². The van der Waals surface area contributed by atoms with Gasteiger partial charge in [0, 0.05) is 12.6 Å². The molecule has 0 fully saturated rings. The smallest absolute Gasteiger partial charge is 0.387 e. The van der Waals surface area contributed by atoms with Crippen LogP contribution in [0.25, 0.3) is 0 Å². The standard InChI is InChI=1S/C21H18F2N4O5S/c1-27-18(16-10-30-14-4-2-3-5-15(14)32-16)25-26-21(27)33-11-17(28)24-19(29)12-6-8-13(9-7-12)31-20(22)23/h2-9,16,20H,10-11H2,1H3,(H,24,28,29). The minimum Gasteiger partial charge on any atom is -0.485 e. The summed E-state index contributed by atoms with van der Waals surface area (Å²) in [5, 5.41) is 10.9. The number of fused-ring (bicyclic) bond motifs is 1. The molecule has 3 aromatic rings. The zero-order valence-electron chi connectivity index (χ0n) is 17.2. The van der Waals surface area contributed by atoms with Gasteiger partial charge in [0.1, 0.15) is 12.4 Å². The summed E-state index contributed by atoms with van der Waals surface area (Å²) < 4.78 is 42.0. The van der Waals surface area contributed by atoms with E-state index in [1.165, 1.54) is 24.3 Å². The number of carbonyl (C=O) groups excluding carboxylic acids is 2. The highest BCUT2D eigenvalue weighted by atomic mass is 32.2. The minimum atomic E-state index is -2.96. The molecule has 4 rings (SSSR count). The van der Waals surface area contributed by atoms with Gasteiger partial charge in [0.05, 0.1) is 5.75 Å². The third-order valence-electron chi connectivity index (χ3n) is 4.59. The Labute approximate surface area is 191 Å². The van der Waals surface area contributed by atoms with Crippen molar-refractivity contribution < 1.29 is 32.6 Å². The highest BCUT2D eigenvalue weighted by molar-refractivity contribution is 7.99. The maximum absolute atomic E-state index is 12.2. The molecular weight excluding hydrogens is 458 g/mol. The fraction of sp³-hybridized carbons (Fsp3) is 0.238. The lowest BCUT2D eigenvalue weighted by atomic mass is 10.2. The fourth-order valence-corrected chi connectivity index (χ4v) is 3.75. The summed E-state index contributed by atoms with van der Waals surface area (Å²) in [6, 6.07) is 12.3. The zero-order chi connectivity index (χ0) is 23.4. The van der Waals surface area contributed by atoms with Crippen molar-refractivity contribution in [3.05, 3.63) is 59.9 Å². The number of benzene rings is 2. The Bertz CT molecular complexity index is 1160. The molecule has 1 aromatic heterocycles. The van der Waals surface area contributed by atoms with E-state index in [1.807, 2.05) is 18.2 Å². The molecule has 0 aliphatic carbocycles. The van der Waals surface area contributed by atoms with Crippen LogP contribution in [0.1, 0.15) is 22.3 Å². The van der Waals surface area contributed by atoms with E-state index >= 15 is 0 Å². The molecule has 33 heavy (non-hydrogen) atoms. The second-order valence-electron chi connectivity index (χ2n) is 6.83. The zero-order valence-corrected chi connectivity index (χ0v) is 18.1. The number of alkyl halides is 2. The highest BCUT2D eigenvalue weighted by Gasteiger charge is 2.27. The average molecular weight is 476 g/mol. The lowest BCUT2D eigenvalue weighted by molar-refractivity contribution is -0.117. The number of hydrogen-bond acceptors (Lipinski definition) is 8. The summed E-state index contributed by atoms with van der Waals surface area (Å²) in [4.78, 5) is 24.4. The molecule has 9 nitrogen and oxygen atoms in total. The van der Waals surface area contributed by atoms with E-state index in [-0.39, 0.29) is 23.7 Å². The predicted octanol–water partition coefficient (Wildman–Crippen LogP) is 2.98. The number of rotatable bonds is 7. The molecule has 0 bridgehead atoms. The molecule has 172 valence electrons. The number of ether oxygens (including phenoxy) is 3. The van der Waals surface area contributed by atoms with Crippen molar-refractivity contribution in [2.75, 3.05) is 12.4 Å². The first-order valence-electron chi connectivity index (χ1n) is 9.70. The SMILES string of the molecule is Cn1c(SCC(=O)NC(=O)c2ccc(OC(F)F)cc2)nnc1C1COc2ccccc2O1. The van der Waals surface area contributed by atoms with E-state index in [9.17, 15) is 18.4 Å². The Balaban J connectivity index is 1.31. The normalized spacial score (nSPS) is 14.7. The molecule has 12 heteroatoms. The van der Waals surface area contributed by atoms with Crippen LogP contribution in [0.2, 0.25) is 0 Å². The van der Waals surface area contributed by atoms with Crippen LogP contribution in [-0.4, -0.2) is 45.6 Å². The molecule has 2 amide bonds. The minimum absolute atomic E-state index is 0.0858. The summed E-state index contributed by atoms with van der Waals surface area (Å²) in [5.41, 5.74) is 0.130. The van der Waals surface area contributed by atoms with Gasteiger partial charge in [-0.1, -0.05) is 23.9 Å². The number of hydrogen-bond donors (Lipinski definition) is 1. The Kier molecular flexibility index (Phi) is 6.73. The topological polar surface area (TPSA) is 105 Å². The number of imide groups is 1. The van der Waals surface area contributed by atoms with Crippen LogP contribution >= 0.6 is 11.8 Å². The molecule has 2 aromatic carbocycles. The van der Waals surface area contributed by atoms with Crippen LogP contribution in [0, 0.1) is 0 Å². The predicted molar refractivity (Wildman–Crippen MR) is 113 cm³/mol. The lowest BCUT2D eigenvalue weighted by Crippen LogP contribution is -2.31. The van der Waals surface area contributed by atoms with Gasteiger partial charge in [0.25, 0.3) is 5.91 Å². The number of nitrogens with one attached hydrogen (secondary N) is 1. The molecule has 1 unspecified atom stereocenters. The van der Waals surface area contributed by atoms with Gasteiger partial charge in [0.15, 0.2) is 28.6 Å². The summed E-state index contributed by atoms with van der Waals surface area (Å²) in [6.07, 6.45) is -0.459. The van der Waals surface area contributed by atoms with Crippen LogP contribution in [0.5, 0.6) is 17.2 Å². The van der Waals surface area contributed by atoms with Crippen LogP contribution in [0.15, 0.2) is 53.7 Å². The van der Waals surface area contributed by atoms with Crippen molar-refractivity contribution in [3.8, 4) is 17.2 Å². The van der Waals surface area contributed by atoms with Gasteiger partial charge >= 0.3 is 6.61 Å². The van der Waals surface area contributed by atoms with Gasteiger partial charge in [0.2, 0.25) is 5.91 Å². The number of amides is 2. The number of para-hydroxylation sites is 2. The summed E-state index contributed by atoms with van der Waals surface area (Å²) >= 11 is 1.10. The molecule has 0 saturated carbocycles. The highest BCUT2D eigenvalue weighted by Crippen LogP contribution is 2.35. The third-order valence-corrected chi connectivity index (χ3v) is 5.61. The Morgan fingerprint density at radius 1 is 1.18 bits per heavy atom. The van der Waals surface area contributed by atoms with Crippen molar-refractivity contribution in [1.29, 1.82) is 0 Å². The maximum Gasteiger partial charge on any atom is 0.387 e. The number of nitrogens with zero attached hydrogens (tertiary/aromatic N) is 3. The van der Waals surface area contributed by atoms with Crippen molar-refractivity contribution in [1.82, 2.24) is 20.1 Å². The van der Waals surface area contributed by atoms with E-state index in [0.29, 0.717) is 22.5 Å². The average Bonchev–Trinajstić information content (AvgIpc) is 3.17. The van der Waals surface area contributed by atoms with E-state index in [1.54, 1.807) is 17.7 Å². The van der Waals surface area contributed by atoms with E-state index in [2.05, 4.69) is 20.3 Å². The molecule has 0 saturated heterocycles. The molecule has 1 atom stereocenters. The molecule has 2 heterocycles. The molecule has 1 aliphatic heterocycles.